The molecule has 0 bridgehead atoms. The van der Waals surface area contributed by atoms with Gasteiger partial charge < -0.3 is 10.2 Å². The van der Waals surface area contributed by atoms with Gasteiger partial charge in [0.15, 0.2) is 0 Å². The van der Waals surface area contributed by atoms with Crippen LogP contribution in [0.5, 0.6) is 0 Å². The third-order valence-electron chi connectivity index (χ3n) is 4.46. The molecule has 0 radical (unpaired) electrons. The molecule has 1 aromatic carbocycles. The molecule has 5 heteroatoms. The van der Waals surface area contributed by atoms with Crippen LogP contribution in [0.2, 0.25) is 0 Å². The quantitative estimate of drug-likeness (QED) is 0.921. The lowest BCUT2D eigenvalue weighted by Gasteiger charge is -2.32. The van der Waals surface area contributed by atoms with Crippen molar-refractivity contribution in [1.82, 2.24) is 4.90 Å². The van der Waals surface area contributed by atoms with E-state index in [0.29, 0.717) is 6.54 Å². The highest BCUT2D eigenvalue weighted by Crippen LogP contribution is 2.23. The first-order chi connectivity index (χ1) is 11.5. The first-order valence-corrected chi connectivity index (χ1v) is 9.13. The van der Waals surface area contributed by atoms with Gasteiger partial charge in [-0.25, -0.2) is 0 Å². The topological polar surface area (TPSA) is 49.4 Å². The molecule has 1 atom stereocenters. The number of benzene rings is 1. The first kappa shape index (κ1) is 16.7. The second kappa shape index (κ2) is 7.18. The summed E-state index contributed by atoms with van der Waals surface area (Å²) in [5, 5.41) is 4.95. The van der Waals surface area contributed by atoms with Crippen molar-refractivity contribution in [1.29, 1.82) is 0 Å². The van der Waals surface area contributed by atoms with Crippen molar-refractivity contribution in [2.75, 3.05) is 18.4 Å². The minimum Gasteiger partial charge on any atom is -0.337 e. The minimum atomic E-state index is -0.150. The average molecular weight is 342 g/mol. The van der Waals surface area contributed by atoms with E-state index in [0.717, 1.165) is 41.1 Å². The molecule has 0 unspecified atom stereocenters. The van der Waals surface area contributed by atoms with Crippen LogP contribution in [0.1, 0.15) is 33.6 Å². The van der Waals surface area contributed by atoms with Crippen LogP contribution in [0, 0.1) is 19.8 Å². The maximum absolute atomic E-state index is 12.6. The van der Waals surface area contributed by atoms with Crippen LogP contribution in [-0.4, -0.2) is 29.8 Å². The van der Waals surface area contributed by atoms with Crippen molar-refractivity contribution in [3.8, 4) is 0 Å². The Kier molecular flexibility index (Phi) is 5.00. The molecule has 1 aliphatic heterocycles. The summed E-state index contributed by atoms with van der Waals surface area (Å²) in [7, 11) is 0. The highest BCUT2D eigenvalue weighted by Gasteiger charge is 2.29. The third-order valence-corrected chi connectivity index (χ3v) is 5.32. The van der Waals surface area contributed by atoms with Gasteiger partial charge in [0.05, 0.1) is 10.8 Å². The van der Waals surface area contributed by atoms with Crippen LogP contribution in [0.3, 0.4) is 0 Å². The lowest BCUT2D eigenvalue weighted by molar-refractivity contribution is -0.121. The molecule has 1 aromatic heterocycles. The Morgan fingerprint density at radius 3 is 2.83 bits per heavy atom. The second-order valence-electron chi connectivity index (χ2n) is 6.38. The molecule has 2 heterocycles. The fourth-order valence-corrected chi connectivity index (χ4v) is 3.73. The van der Waals surface area contributed by atoms with Crippen molar-refractivity contribution in [2.45, 2.75) is 26.7 Å². The molecule has 1 fully saturated rings. The predicted molar refractivity (Wildman–Crippen MR) is 97.5 cm³/mol. The van der Waals surface area contributed by atoms with Gasteiger partial charge in [-0.1, -0.05) is 18.2 Å². The van der Waals surface area contributed by atoms with Crippen LogP contribution in [0.25, 0.3) is 0 Å². The molecular formula is C19H22N2O2S. The first-order valence-electron chi connectivity index (χ1n) is 8.25. The number of hydrogen-bond acceptors (Lipinski definition) is 3. The van der Waals surface area contributed by atoms with E-state index in [1.165, 1.54) is 11.3 Å². The van der Waals surface area contributed by atoms with E-state index in [1.54, 1.807) is 0 Å². The number of rotatable bonds is 3. The Morgan fingerprint density at radius 2 is 2.08 bits per heavy atom. The summed E-state index contributed by atoms with van der Waals surface area (Å²) in [4.78, 5) is 27.7. The van der Waals surface area contributed by atoms with Gasteiger partial charge in [0, 0.05) is 18.8 Å². The Labute approximate surface area is 146 Å². The van der Waals surface area contributed by atoms with E-state index in [1.807, 2.05) is 54.5 Å². The van der Waals surface area contributed by atoms with Gasteiger partial charge in [-0.2, -0.15) is 0 Å². The lowest BCUT2D eigenvalue weighted by atomic mass is 9.96. The number of hydrogen-bond donors (Lipinski definition) is 1. The molecule has 4 nitrogen and oxygen atoms in total. The van der Waals surface area contributed by atoms with Gasteiger partial charge in [0.1, 0.15) is 0 Å². The molecule has 0 aliphatic carbocycles. The molecule has 3 rings (SSSR count). The standard InChI is InChI=1S/C19H22N2O2S/c1-13-7-8-14(2)16(11-13)20-18(22)15-5-3-9-21(12-15)19(23)17-6-4-10-24-17/h4,6-8,10-11,15H,3,5,9,12H2,1-2H3,(H,20,22)/t15-/m0/s1. The monoisotopic (exact) mass is 342 g/mol. The van der Waals surface area contributed by atoms with Crippen molar-refractivity contribution >= 4 is 28.8 Å². The van der Waals surface area contributed by atoms with Gasteiger partial charge in [0.2, 0.25) is 5.91 Å². The summed E-state index contributed by atoms with van der Waals surface area (Å²) in [5.74, 6) is -0.107. The largest absolute Gasteiger partial charge is 0.337 e. The molecule has 1 aliphatic rings. The summed E-state index contributed by atoms with van der Waals surface area (Å²) in [6.45, 7) is 5.22. The van der Waals surface area contributed by atoms with Gasteiger partial charge >= 0.3 is 0 Å². The van der Waals surface area contributed by atoms with Gasteiger partial charge in [0.25, 0.3) is 5.91 Å². The SMILES string of the molecule is Cc1ccc(C)c(NC(=O)[C@H]2CCCN(C(=O)c3cccs3)C2)c1. The Morgan fingerprint density at radius 1 is 1.25 bits per heavy atom. The number of aryl methyl sites for hydroxylation is 2. The van der Waals surface area contributed by atoms with E-state index < -0.39 is 0 Å². The zero-order valence-corrected chi connectivity index (χ0v) is 14.9. The minimum absolute atomic E-state index is 0.00683. The maximum Gasteiger partial charge on any atom is 0.263 e. The molecule has 0 spiro atoms. The number of piperidine rings is 1. The summed E-state index contributed by atoms with van der Waals surface area (Å²) >= 11 is 1.45. The number of carbonyl (C=O) groups excluding carboxylic acids is 2. The number of nitrogens with zero attached hydrogens (tertiary/aromatic N) is 1. The summed E-state index contributed by atoms with van der Waals surface area (Å²) in [5.41, 5.74) is 3.03. The summed E-state index contributed by atoms with van der Waals surface area (Å²) in [6.07, 6.45) is 1.69. The summed E-state index contributed by atoms with van der Waals surface area (Å²) in [6, 6.07) is 9.76. The van der Waals surface area contributed by atoms with Crippen LogP contribution >= 0.6 is 11.3 Å². The normalized spacial score (nSPS) is 17.6. The zero-order chi connectivity index (χ0) is 17.1. The molecule has 1 N–H and O–H groups in total. The van der Waals surface area contributed by atoms with E-state index in [4.69, 9.17) is 0 Å². The van der Waals surface area contributed by atoms with Crippen molar-refractivity contribution in [3.05, 3.63) is 51.7 Å². The van der Waals surface area contributed by atoms with E-state index >= 15 is 0 Å². The summed E-state index contributed by atoms with van der Waals surface area (Å²) < 4.78 is 0. The molecule has 1 saturated heterocycles. The lowest BCUT2D eigenvalue weighted by Crippen LogP contribution is -2.43. The van der Waals surface area contributed by atoms with E-state index in [-0.39, 0.29) is 17.7 Å². The molecule has 24 heavy (non-hydrogen) atoms. The van der Waals surface area contributed by atoms with Crippen LogP contribution < -0.4 is 5.32 Å². The van der Waals surface area contributed by atoms with Crippen molar-refractivity contribution in [3.63, 3.8) is 0 Å². The number of carbonyl (C=O) groups is 2. The number of nitrogens with one attached hydrogen (secondary N) is 1. The maximum atomic E-state index is 12.6. The highest BCUT2D eigenvalue weighted by atomic mass is 32.1. The van der Waals surface area contributed by atoms with Crippen LogP contribution in [-0.2, 0) is 4.79 Å². The average Bonchev–Trinajstić information content (AvgIpc) is 3.12. The number of likely N-dealkylation sites (tertiary alicyclic amines) is 1. The Hall–Kier alpha value is -2.14. The molecule has 0 saturated carbocycles. The highest BCUT2D eigenvalue weighted by molar-refractivity contribution is 7.12. The van der Waals surface area contributed by atoms with Gasteiger partial charge in [-0.05, 0) is 55.3 Å². The zero-order valence-electron chi connectivity index (χ0n) is 14.0. The van der Waals surface area contributed by atoms with Crippen molar-refractivity contribution in [2.24, 2.45) is 5.92 Å². The van der Waals surface area contributed by atoms with Crippen LogP contribution in [0.15, 0.2) is 35.7 Å². The van der Waals surface area contributed by atoms with Crippen molar-refractivity contribution < 1.29 is 9.59 Å². The number of thiophene rings is 1. The molecule has 126 valence electrons. The Bertz CT molecular complexity index is 740. The fourth-order valence-electron chi connectivity index (χ4n) is 3.04. The predicted octanol–water partition coefficient (Wildman–Crippen LogP) is 3.86. The molecule has 2 aromatic rings. The smallest absolute Gasteiger partial charge is 0.263 e. The molecule has 2 amide bonds. The third kappa shape index (κ3) is 3.67. The number of amides is 2. The van der Waals surface area contributed by atoms with Gasteiger partial charge in [-0.15, -0.1) is 11.3 Å². The van der Waals surface area contributed by atoms with E-state index in [2.05, 4.69) is 5.32 Å². The Balaban J connectivity index is 1.67. The number of anilines is 1. The van der Waals surface area contributed by atoms with Gasteiger partial charge in [-0.3, -0.25) is 9.59 Å². The van der Waals surface area contributed by atoms with E-state index in [9.17, 15) is 9.59 Å². The second-order valence-corrected chi connectivity index (χ2v) is 7.32. The van der Waals surface area contributed by atoms with Crippen LogP contribution in [0.4, 0.5) is 5.69 Å². The molecular weight excluding hydrogens is 320 g/mol. The fraction of sp³-hybridized carbons (Fsp3) is 0.368.